The number of aromatic nitrogens is 1. The predicted molar refractivity (Wildman–Crippen MR) is 108 cm³/mol. The molecule has 1 saturated heterocycles. The smallest absolute Gasteiger partial charge is 0.223 e. The van der Waals surface area contributed by atoms with Gasteiger partial charge in [0.15, 0.2) is 0 Å². The number of hydrogen-bond donors (Lipinski definition) is 1. The molecule has 0 spiro atoms. The van der Waals surface area contributed by atoms with Crippen LogP contribution >= 0.6 is 34.5 Å². The van der Waals surface area contributed by atoms with Crippen molar-refractivity contribution >= 4 is 40.4 Å². The highest BCUT2D eigenvalue weighted by atomic mass is 35.5. The summed E-state index contributed by atoms with van der Waals surface area (Å²) in [7, 11) is 0. The molecule has 1 fully saturated rings. The van der Waals surface area contributed by atoms with Gasteiger partial charge in [-0.3, -0.25) is 9.69 Å². The summed E-state index contributed by atoms with van der Waals surface area (Å²) in [5, 5.41) is 6.45. The minimum absolute atomic E-state index is 0.0157. The summed E-state index contributed by atoms with van der Waals surface area (Å²) in [6.07, 6.45) is 1.59. The van der Waals surface area contributed by atoms with E-state index in [0.29, 0.717) is 10.6 Å². The van der Waals surface area contributed by atoms with Crippen LogP contribution in [0, 0.1) is 18.7 Å². The number of amides is 1. The first-order valence-corrected chi connectivity index (χ1v) is 10.5. The molecule has 0 saturated carbocycles. The van der Waals surface area contributed by atoms with Gasteiger partial charge >= 0.3 is 0 Å². The van der Waals surface area contributed by atoms with E-state index in [1.165, 1.54) is 12.1 Å². The highest BCUT2D eigenvalue weighted by molar-refractivity contribution is 7.09. The Morgan fingerprint density at radius 3 is 2.70 bits per heavy atom. The van der Waals surface area contributed by atoms with Crippen molar-refractivity contribution in [1.29, 1.82) is 0 Å². The van der Waals surface area contributed by atoms with Crippen molar-refractivity contribution in [1.82, 2.24) is 15.2 Å². The third kappa shape index (κ3) is 5.19. The van der Waals surface area contributed by atoms with Crippen molar-refractivity contribution in [3.8, 4) is 0 Å². The van der Waals surface area contributed by atoms with Gasteiger partial charge in [0.05, 0.1) is 21.8 Å². The number of carbonyl (C=O) groups is 1. The first-order chi connectivity index (χ1) is 12.8. The van der Waals surface area contributed by atoms with E-state index in [1.807, 2.05) is 6.92 Å². The van der Waals surface area contributed by atoms with Crippen LogP contribution in [-0.2, 0) is 11.3 Å². The van der Waals surface area contributed by atoms with Gasteiger partial charge in [-0.2, -0.15) is 0 Å². The van der Waals surface area contributed by atoms with E-state index in [-0.39, 0.29) is 22.9 Å². The van der Waals surface area contributed by atoms with Crippen LogP contribution in [0.5, 0.6) is 0 Å². The maximum atomic E-state index is 13.7. The zero-order valence-electron chi connectivity index (χ0n) is 15.3. The Labute approximate surface area is 172 Å². The third-order valence-corrected chi connectivity index (χ3v) is 6.31. The summed E-state index contributed by atoms with van der Waals surface area (Å²) < 4.78 is 13.7. The normalized spacial score (nSPS) is 17.1. The molecule has 27 heavy (non-hydrogen) atoms. The van der Waals surface area contributed by atoms with Crippen molar-refractivity contribution < 1.29 is 9.18 Å². The first kappa shape index (κ1) is 20.5. The molecule has 3 rings (SSSR count). The van der Waals surface area contributed by atoms with E-state index in [4.69, 9.17) is 23.2 Å². The highest BCUT2D eigenvalue weighted by Gasteiger charge is 2.27. The molecule has 1 aromatic heterocycles. The number of likely N-dealkylation sites (tertiary alicyclic amines) is 1. The monoisotopic (exact) mass is 429 g/mol. The fraction of sp³-hybridized carbons (Fsp3) is 0.474. The standard InChI is InChI=1S/C19H22Cl2FN3OS/c1-11(15-7-18(22)17(21)8-16(15)20)23-19(26)13-3-5-25(6-4-13)9-14-10-27-12(2)24-14/h7-8,10-11,13H,3-6,9H2,1-2H3,(H,23,26). The average molecular weight is 430 g/mol. The van der Waals surface area contributed by atoms with Crippen LogP contribution in [0.4, 0.5) is 4.39 Å². The van der Waals surface area contributed by atoms with Gasteiger partial charge in [0.25, 0.3) is 0 Å². The molecule has 1 aliphatic heterocycles. The number of rotatable bonds is 5. The van der Waals surface area contributed by atoms with Gasteiger partial charge < -0.3 is 5.32 Å². The Kier molecular flexibility index (Phi) is 6.74. The fourth-order valence-corrected chi connectivity index (χ4v) is 4.49. The number of benzene rings is 1. The fourth-order valence-electron chi connectivity index (χ4n) is 3.34. The summed E-state index contributed by atoms with van der Waals surface area (Å²) in [6.45, 7) is 6.35. The van der Waals surface area contributed by atoms with E-state index < -0.39 is 5.82 Å². The summed E-state index contributed by atoms with van der Waals surface area (Å²) in [5.41, 5.74) is 1.62. The van der Waals surface area contributed by atoms with Gasteiger partial charge in [-0.1, -0.05) is 23.2 Å². The minimum atomic E-state index is -0.539. The third-order valence-electron chi connectivity index (χ3n) is 4.88. The number of piperidine rings is 1. The zero-order chi connectivity index (χ0) is 19.6. The van der Waals surface area contributed by atoms with Gasteiger partial charge in [0.1, 0.15) is 5.82 Å². The molecule has 1 aliphatic rings. The number of nitrogens with zero attached hydrogens (tertiary/aromatic N) is 2. The van der Waals surface area contributed by atoms with E-state index in [1.54, 1.807) is 18.3 Å². The molecule has 1 unspecified atom stereocenters. The quantitative estimate of drug-likeness (QED) is 0.680. The van der Waals surface area contributed by atoms with E-state index in [2.05, 4.69) is 20.6 Å². The zero-order valence-corrected chi connectivity index (χ0v) is 17.6. The topological polar surface area (TPSA) is 45.2 Å². The second-order valence-corrected chi connectivity index (χ2v) is 8.80. The van der Waals surface area contributed by atoms with Gasteiger partial charge in [0, 0.05) is 22.9 Å². The molecule has 0 bridgehead atoms. The second kappa shape index (κ2) is 8.86. The number of carbonyl (C=O) groups excluding carboxylic acids is 1. The molecule has 2 heterocycles. The van der Waals surface area contributed by atoms with Crippen molar-refractivity contribution in [2.45, 2.75) is 39.3 Å². The Bertz CT molecular complexity index is 821. The van der Waals surface area contributed by atoms with Crippen molar-refractivity contribution in [2.24, 2.45) is 5.92 Å². The molecule has 1 N–H and O–H groups in total. The van der Waals surface area contributed by atoms with E-state index >= 15 is 0 Å². The predicted octanol–water partition coefficient (Wildman–Crippen LogP) is 4.99. The Hall–Kier alpha value is -1.21. The molecule has 1 amide bonds. The molecule has 4 nitrogen and oxygen atoms in total. The molecule has 1 atom stereocenters. The van der Waals surface area contributed by atoms with Crippen molar-refractivity contribution in [2.75, 3.05) is 13.1 Å². The largest absolute Gasteiger partial charge is 0.349 e. The van der Waals surface area contributed by atoms with Crippen LogP contribution in [0.2, 0.25) is 10.0 Å². The SMILES string of the molecule is Cc1nc(CN2CCC(C(=O)NC(C)c3cc(F)c(Cl)cc3Cl)CC2)cs1. The van der Waals surface area contributed by atoms with Crippen molar-refractivity contribution in [3.63, 3.8) is 0 Å². The van der Waals surface area contributed by atoms with Gasteiger partial charge in [-0.25, -0.2) is 9.37 Å². The summed E-state index contributed by atoms with van der Waals surface area (Å²) in [5.74, 6) is -0.599. The Balaban J connectivity index is 1.52. The lowest BCUT2D eigenvalue weighted by Crippen LogP contribution is -2.41. The lowest BCUT2D eigenvalue weighted by Gasteiger charge is -2.31. The molecular formula is C19H22Cl2FN3OS. The number of aryl methyl sites for hydroxylation is 1. The van der Waals surface area contributed by atoms with E-state index in [0.717, 1.165) is 43.2 Å². The maximum absolute atomic E-state index is 13.7. The van der Waals surface area contributed by atoms with Crippen LogP contribution in [0.25, 0.3) is 0 Å². The molecule has 0 aliphatic carbocycles. The maximum Gasteiger partial charge on any atom is 0.223 e. The second-order valence-electron chi connectivity index (χ2n) is 6.93. The summed E-state index contributed by atoms with van der Waals surface area (Å²) in [4.78, 5) is 19.4. The number of halogens is 3. The van der Waals surface area contributed by atoms with Crippen molar-refractivity contribution in [3.05, 3.63) is 49.6 Å². The van der Waals surface area contributed by atoms with Crippen LogP contribution in [0.15, 0.2) is 17.5 Å². The molecule has 2 aromatic rings. The van der Waals surface area contributed by atoms with Crippen LogP contribution in [-0.4, -0.2) is 28.9 Å². The molecular weight excluding hydrogens is 408 g/mol. The summed E-state index contributed by atoms with van der Waals surface area (Å²) >= 11 is 13.5. The molecule has 1 aromatic carbocycles. The average Bonchev–Trinajstić information content (AvgIpc) is 3.03. The molecule has 0 radical (unpaired) electrons. The first-order valence-electron chi connectivity index (χ1n) is 8.91. The number of thiazole rings is 1. The van der Waals surface area contributed by atoms with Crippen LogP contribution in [0.1, 0.15) is 42.1 Å². The Morgan fingerprint density at radius 1 is 1.37 bits per heavy atom. The van der Waals surface area contributed by atoms with Gasteiger partial charge in [-0.15, -0.1) is 11.3 Å². The van der Waals surface area contributed by atoms with Crippen LogP contribution in [0.3, 0.4) is 0 Å². The lowest BCUT2D eigenvalue weighted by molar-refractivity contribution is -0.127. The van der Waals surface area contributed by atoms with E-state index in [9.17, 15) is 9.18 Å². The highest BCUT2D eigenvalue weighted by Crippen LogP contribution is 2.29. The molecule has 8 heteroatoms. The number of hydrogen-bond acceptors (Lipinski definition) is 4. The van der Waals surface area contributed by atoms with Gasteiger partial charge in [-0.05, 0) is 57.5 Å². The minimum Gasteiger partial charge on any atom is -0.349 e. The van der Waals surface area contributed by atoms with Crippen LogP contribution < -0.4 is 5.32 Å². The lowest BCUT2D eigenvalue weighted by atomic mass is 9.95. The van der Waals surface area contributed by atoms with Gasteiger partial charge in [0.2, 0.25) is 5.91 Å². The molecule has 146 valence electrons. The summed E-state index contributed by atoms with van der Waals surface area (Å²) in [6, 6.07) is 2.27. The Morgan fingerprint density at radius 2 is 2.07 bits per heavy atom. The number of nitrogens with one attached hydrogen (secondary N) is 1.